The van der Waals surface area contributed by atoms with Crippen LogP contribution in [0.15, 0.2) is 30.3 Å². The van der Waals surface area contributed by atoms with E-state index in [0.717, 1.165) is 49.2 Å². The minimum absolute atomic E-state index is 0.0314. The van der Waals surface area contributed by atoms with Gasteiger partial charge in [-0.05, 0) is 69.2 Å². The molecule has 1 amide bonds. The van der Waals surface area contributed by atoms with Crippen LogP contribution in [0, 0.1) is 11.8 Å². The normalized spacial score (nSPS) is 19.1. The molecule has 1 fully saturated rings. The van der Waals surface area contributed by atoms with Crippen molar-refractivity contribution in [3.05, 3.63) is 35.9 Å². The van der Waals surface area contributed by atoms with Crippen LogP contribution >= 0.6 is 11.3 Å². The summed E-state index contributed by atoms with van der Waals surface area (Å²) in [6.07, 6.45) is -2.66. The molecule has 1 N–H and O–H groups in total. The molecule has 0 spiro atoms. The van der Waals surface area contributed by atoms with Crippen molar-refractivity contribution in [3.63, 3.8) is 0 Å². The van der Waals surface area contributed by atoms with E-state index < -0.39 is 17.9 Å². The summed E-state index contributed by atoms with van der Waals surface area (Å²) >= 11 is 0.906. The van der Waals surface area contributed by atoms with Crippen molar-refractivity contribution in [3.8, 4) is 15.5 Å². The number of carbonyl (C=O) groups excluding carboxylic acids is 1. The van der Waals surface area contributed by atoms with Crippen molar-refractivity contribution in [1.29, 1.82) is 0 Å². The number of nitrogens with zero attached hydrogens (tertiary/aromatic N) is 1. The highest BCUT2D eigenvalue weighted by atomic mass is 32.1. The molecule has 1 aliphatic rings. The molecule has 32 heavy (non-hydrogen) atoms. The lowest BCUT2D eigenvalue weighted by Gasteiger charge is -2.33. The van der Waals surface area contributed by atoms with E-state index in [1.165, 1.54) is 17.0 Å². The van der Waals surface area contributed by atoms with Crippen LogP contribution in [0.25, 0.3) is 10.4 Å². The van der Waals surface area contributed by atoms with Gasteiger partial charge in [0.2, 0.25) is 11.0 Å². The summed E-state index contributed by atoms with van der Waals surface area (Å²) in [6.45, 7) is 5.78. The van der Waals surface area contributed by atoms with Crippen LogP contribution in [0.3, 0.4) is 0 Å². The van der Waals surface area contributed by atoms with Gasteiger partial charge in [-0.25, -0.2) is 4.79 Å². The summed E-state index contributed by atoms with van der Waals surface area (Å²) in [6, 6.07) is 6.04. The van der Waals surface area contributed by atoms with Crippen LogP contribution in [-0.2, 0) is 11.0 Å². The molecule has 9 heteroatoms. The van der Waals surface area contributed by atoms with E-state index in [1.54, 1.807) is 6.07 Å². The third-order valence-electron chi connectivity index (χ3n) is 5.71. The molecular formula is C23H26F3NO4S. The Labute approximate surface area is 188 Å². The molecule has 1 heterocycles. The second-order valence-corrected chi connectivity index (χ2v) is 9.50. The number of hydrogen-bond acceptors (Lipinski definition) is 4. The highest BCUT2D eigenvalue weighted by Crippen LogP contribution is 2.45. The van der Waals surface area contributed by atoms with Gasteiger partial charge >= 0.3 is 12.3 Å². The summed E-state index contributed by atoms with van der Waals surface area (Å²) in [5.41, 5.74) is -0.267. The largest absolute Gasteiger partial charge is 0.512 e. The van der Waals surface area contributed by atoms with Crippen molar-refractivity contribution in [1.82, 2.24) is 0 Å². The number of carbonyl (C=O) groups is 2. The van der Waals surface area contributed by atoms with E-state index in [-0.39, 0.29) is 34.2 Å². The van der Waals surface area contributed by atoms with E-state index in [4.69, 9.17) is 4.74 Å². The second kappa shape index (κ2) is 9.52. The van der Waals surface area contributed by atoms with E-state index in [9.17, 15) is 27.9 Å². The molecule has 5 nitrogen and oxygen atoms in total. The van der Waals surface area contributed by atoms with E-state index >= 15 is 0 Å². The Bertz CT molecular complexity index is 978. The first-order valence-corrected chi connectivity index (χ1v) is 11.3. The molecule has 3 rings (SSSR count). The van der Waals surface area contributed by atoms with Crippen LogP contribution in [0.1, 0.15) is 52.0 Å². The number of rotatable bonds is 5. The third kappa shape index (κ3) is 5.43. The maximum atomic E-state index is 13.4. The first kappa shape index (κ1) is 24.1. The summed E-state index contributed by atoms with van der Waals surface area (Å²) < 4.78 is 44.4. The van der Waals surface area contributed by atoms with Gasteiger partial charge in [0.25, 0.3) is 0 Å². The Kier molecular flexibility index (Phi) is 7.17. The molecule has 0 unspecified atom stereocenters. The number of thiophene rings is 1. The molecule has 0 aliphatic heterocycles. The zero-order valence-corrected chi connectivity index (χ0v) is 18.9. The molecular weight excluding hydrogens is 443 g/mol. The van der Waals surface area contributed by atoms with Crippen LogP contribution < -0.4 is 9.64 Å². The van der Waals surface area contributed by atoms with Gasteiger partial charge in [-0.1, -0.05) is 30.4 Å². The van der Waals surface area contributed by atoms with Crippen molar-refractivity contribution in [2.75, 3.05) is 4.90 Å². The first-order chi connectivity index (χ1) is 15.0. The lowest BCUT2D eigenvalue weighted by atomic mass is 9.82. The summed E-state index contributed by atoms with van der Waals surface area (Å²) in [7, 11) is 0. The maximum absolute atomic E-state index is 13.4. The maximum Gasteiger partial charge on any atom is 0.512 e. The Balaban J connectivity index is 2.03. The third-order valence-corrected chi connectivity index (χ3v) is 6.76. The lowest BCUT2D eigenvalue weighted by molar-refractivity contribution is -0.137. The standard InChI is InChI=1S/C23H26F3NO4S/c1-13(2)27(20(28)15-9-7-14(3)8-10-15)18-12-19(32-21(18)31-22(29)30)16-5-4-6-17(11-16)23(24,25)26/h4-6,11-15H,7-10H2,1-3H3,(H,29,30). The smallest absolute Gasteiger partial charge is 0.449 e. The molecule has 0 bridgehead atoms. The Morgan fingerprint density at radius 1 is 1.16 bits per heavy atom. The average Bonchev–Trinajstić information content (AvgIpc) is 3.10. The number of benzene rings is 1. The number of anilines is 1. The van der Waals surface area contributed by atoms with Gasteiger partial charge in [0, 0.05) is 16.8 Å². The predicted octanol–water partition coefficient (Wildman–Crippen LogP) is 7.06. The number of alkyl halides is 3. The van der Waals surface area contributed by atoms with E-state index in [0.29, 0.717) is 10.8 Å². The molecule has 1 aromatic carbocycles. The van der Waals surface area contributed by atoms with E-state index in [1.807, 2.05) is 13.8 Å². The molecule has 174 valence electrons. The molecule has 1 aromatic heterocycles. The summed E-state index contributed by atoms with van der Waals surface area (Å²) in [4.78, 5) is 26.6. The molecule has 2 aromatic rings. The monoisotopic (exact) mass is 469 g/mol. The SMILES string of the molecule is CC1CCC(C(=O)N(c2cc(-c3cccc(C(F)(F)F)c3)sc2OC(=O)O)C(C)C)CC1. The van der Waals surface area contributed by atoms with Gasteiger partial charge in [0.05, 0.1) is 11.3 Å². The highest BCUT2D eigenvalue weighted by Gasteiger charge is 2.34. The molecule has 0 radical (unpaired) electrons. The minimum atomic E-state index is -4.51. The Hall–Kier alpha value is -2.55. The fourth-order valence-electron chi connectivity index (χ4n) is 4.03. The fourth-order valence-corrected chi connectivity index (χ4v) is 5.02. The van der Waals surface area contributed by atoms with Crippen molar-refractivity contribution in [2.24, 2.45) is 11.8 Å². The van der Waals surface area contributed by atoms with Gasteiger partial charge in [-0.3, -0.25) is 4.79 Å². The summed E-state index contributed by atoms with van der Waals surface area (Å²) in [5.74, 6) is 0.268. The second-order valence-electron chi connectivity index (χ2n) is 8.49. The predicted molar refractivity (Wildman–Crippen MR) is 117 cm³/mol. The van der Waals surface area contributed by atoms with Gasteiger partial charge in [0.15, 0.2) is 0 Å². The van der Waals surface area contributed by atoms with E-state index in [2.05, 4.69) is 6.92 Å². The van der Waals surface area contributed by atoms with Crippen molar-refractivity contribution < 1.29 is 32.6 Å². The van der Waals surface area contributed by atoms with Crippen molar-refractivity contribution >= 4 is 29.1 Å². The van der Waals surface area contributed by atoms with Crippen LogP contribution in [0.5, 0.6) is 5.06 Å². The zero-order chi connectivity index (χ0) is 23.6. The number of hydrogen-bond donors (Lipinski definition) is 1. The highest BCUT2D eigenvalue weighted by molar-refractivity contribution is 7.18. The van der Waals surface area contributed by atoms with Crippen LogP contribution in [0.2, 0.25) is 0 Å². The van der Waals surface area contributed by atoms with Gasteiger partial charge < -0.3 is 14.7 Å². The number of ether oxygens (including phenoxy) is 1. The van der Waals surface area contributed by atoms with Gasteiger partial charge in [0.1, 0.15) is 0 Å². The van der Waals surface area contributed by atoms with Crippen molar-refractivity contribution in [2.45, 2.75) is 58.7 Å². The number of carboxylic acid groups (broad SMARTS) is 1. The molecule has 1 aliphatic carbocycles. The van der Waals surface area contributed by atoms with Gasteiger partial charge in [-0.15, -0.1) is 0 Å². The Morgan fingerprint density at radius 2 is 1.81 bits per heavy atom. The molecule has 0 atom stereocenters. The molecule has 0 saturated heterocycles. The Morgan fingerprint density at radius 3 is 2.38 bits per heavy atom. The van der Waals surface area contributed by atoms with Crippen LogP contribution in [0.4, 0.5) is 23.7 Å². The fraction of sp³-hybridized carbons (Fsp3) is 0.478. The number of halogens is 3. The van der Waals surface area contributed by atoms with Crippen LogP contribution in [-0.4, -0.2) is 23.2 Å². The minimum Gasteiger partial charge on any atom is -0.449 e. The molecule has 1 saturated carbocycles. The summed E-state index contributed by atoms with van der Waals surface area (Å²) in [5, 5.41) is 9.16. The lowest BCUT2D eigenvalue weighted by Crippen LogP contribution is -2.42. The first-order valence-electron chi connectivity index (χ1n) is 10.5. The number of amides is 1. The average molecular weight is 470 g/mol. The zero-order valence-electron chi connectivity index (χ0n) is 18.1. The quantitative estimate of drug-likeness (QED) is 0.476. The topological polar surface area (TPSA) is 66.8 Å². The van der Waals surface area contributed by atoms with Gasteiger partial charge in [-0.2, -0.15) is 13.2 Å².